The summed E-state index contributed by atoms with van der Waals surface area (Å²) in [4.78, 5) is 11.4. The molecule has 1 aliphatic heterocycles. The molecule has 0 atom stereocenters. The number of hydrogen-bond acceptors (Lipinski definition) is 3. The Morgan fingerprint density at radius 2 is 1.84 bits per heavy atom. The number of aliphatic carboxylic acids is 1. The van der Waals surface area contributed by atoms with Crippen molar-refractivity contribution in [3.8, 4) is 11.4 Å². The number of hydrogen-bond donors (Lipinski definition) is 2. The van der Waals surface area contributed by atoms with Crippen LogP contribution in [0.5, 0.6) is 5.75 Å². The molecule has 2 aromatic carbocycles. The smallest absolute Gasteiger partial charge is 0.306 e. The molecule has 1 aromatic heterocycles. The zero-order valence-electron chi connectivity index (χ0n) is 16.9. The molecular weight excluding hydrogens is 421 g/mol. The van der Waals surface area contributed by atoms with Gasteiger partial charge in [0.15, 0.2) is 0 Å². The topological polar surface area (TPSA) is 71.7 Å². The molecule has 1 saturated carbocycles. The largest absolute Gasteiger partial charge is 0.508 e. The van der Waals surface area contributed by atoms with Gasteiger partial charge in [0.1, 0.15) is 11.6 Å². The van der Waals surface area contributed by atoms with E-state index in [0.717, 1.165) is 40.7 Å². The summed E-state index contributed by atoms with van der Waals surface area (Å²) < 4.78 is 21.6. The number of nitrogens with zero attached hydrogens (tertiary/aromatic N) is 1. The number of phenols is 1. The lowest BCUT2D eigenvalue weighted by atomic mass is 9.69. The maximum Gasteiger partial charge on any atom is 0.306 e. The van der Waals surface area contributed by atoms with Crippen LogP contribution in [0.15, 0.2) is 36.4 Å². The molecule has 5 nitrogen and oxygen atoms in total. The molecule has 0 bridgehead atoms. The zero-order chi connectivity index (χ0) is 21.7. The fourth-order valence-electron chi connectivity index (χ4n) is 5.08. The Hall–Kier alpha value is -2.57. The van der Waals surface area contributed by atoms with Crippen LogP contribution in [0.3, 0.4) is 0 Å². The maximum atomic E-state index is 13.9. The van der Waals surface area contributed by atoms with Crippen LogP contribution in [0.25, 0.3) is 16.6 Å². The van der Waals surface area contributed by atoms with E-state index in [1.54, 1.807) is 24.3 Å². The summed E-state index contributed by atoms with van der Waals surface area (Å²) in [6.45, 7) is 1.31. The first kappa shape index (κ1) is 20.3. The van der Waals surface area contributed by atoms with Crippen LogP contribution in [-0.4, -0.2) is 34.0 Å². The van der Waals surface area contributed by atoms with Gasteiger partial charge in [-0.05, 0) is 73.6 Å². The van der Waals surface area contributed by atoms with Crippen molar-refractivity contribution < 1.29 is 24.1 Å². The highest BCUT2D eigenvalue weighted by Crippen LogP contribution is 2.50. The molecule has 2 aliphatic rings. The van der Waals surface area contributed by atoms with Gasteiger partial charge in [-0.3, -0.25) is 4.79 Å². The number of halogens is 2. The molecule has 0 spiro atoms. The number of rotatable bonds is 4. The second kappa shape index (κ2) is 7.84. The van der Waals surface area contributed by atoms with Gasteiger partial charge in [-0.15, -0.1) is 0 Å². The molecule has 0 unspecified atom stereocenters. The third-order valence-corrected chi connectivity index (χ3v) is 6.98. The molecule has 3 aromatic rings. The standard InChI is InChI=1S/C24H23ClFNO4/c25-19-11-16(1-3-20(19)26)27-21-4-2-17(28)12-18(21)22(14-9-15(10-14)24(29)30)23(27)13-5-7-31-8-6-13/h1-4,11-15,28H,5-10H2,(H,29,30)/t14-,15-. The number of carboxylic acids is 1. The predicted molar refractivity (Wildman–Crippen MR) is 116 cm³/mol. The van der Waals surface area contributed by atoms with Gasteiger partial charge in [-0.1, -0.05) is 11.6 Å². The van der Waals surface area contributed by atoms with Crippen LogP contribution < -0.4 is 0 Å². The van der Waals surface area contributed by atoms with E-state index >= 15 is 0 Å². The average Bonchev–Trinajstić information content (AvgIpc) is 3.03. The molecule has 2 fully saturated rings. The predicted octanol–water partition coefficient (Wildman–Crippen LogP) is 5.60. The van der Waals surface area contributed by atoms with Gasteiger partial charge in [-0.25, -0.2) is 4.39 Å². The van der Waals surface area contributed by atoms with Crippen molar-refractivity contribution in [2.24, 2.45) is 5.92 Å². The van der Waals surface area contributed by atoms with Crippen LogP contribution in [0.2, 0.25) is 5.02 Å². The lowest BCUT2D eigenvalue weighted by Gasteiger charge is -2.35. The number of benzene rings is 2. The SMILES string of the molecule is O=C(O)[C@H]1C[C@H](c2c(C3CCOCC3)n(-c3ccc(F)c(Cl)c3)c3ccc(O)cc32)C1. The average molecular weight is 444 g/mol. The van der Waals surface area contributed by atoms with Crippen LogP contribution >= 0.6 is 11.6 Å². The second-order valence-electron chi connectivity index (χ2n) is 8.52. The third kappa shape index (κ3) is 3.48. The lowest BCUT2D eigenvalue weighted by Crippen LogP contribution is -2.30. The molecule has 2 N–H and O–H groups in total. The van der Waals surface area contributed by atoms with Gasteiger partial charge < -0.3 is 19.5 Å². The van der Waals surface area contributed by atoms with Crippen molar-refractivity contribution in [1.82, 2.24) is 4.57 Å². The Morgan fingerprint density at radius 3 is 2.52 bits per heavy atom. The first-order chi connectivity index (χ1) is 14.9. The number of aromatic nitrogens is 1. The molecule has 7 heteroatoms. The number of phenolic OH excluding ortho intramolecular Hbond substituents is 1. The van der Waals surface area contributed by atoms with E-state index in [-0.39, 0.29) is 28.5 Å². The number of carbonyl (C=O) groups is 1. The number of aromatic hydroxyl groups is 1. The van der Waals surface area contributed by atoms with Crippen LogP contribution in [0.4, 0.5) is 4.39 Å². The van der Waals surface area contributed by atoms with E-state index in [2.05, 4.69) is 4.57 Å². The van der Waals surface area contributed by atoms with Gasteiger partial charge >= 0.3 is 5.97 Å². The van der Waals surface area contributed by atoms with Gasteiger partial charge in [0.2, 0.25) is 0 Å². The Labute approximate surface area is 184 Å². The molecule has 1 aliphatic carbocycles. The van der Waals surface area contributed by atoms with Crippen molar-refractivity contribution in [3.63, 3.8) is 0 Å². The van der Waals surface area contributed by atoms with Gasteiger partial charge in [0.05, 0.1) is 16.5 Å². The van der Waals surface area contributed by atoms with Gasteiger partial charge in [0.25, 0.3) is 0 Å². The van der Waals surface area contributed by atoms with E-state index in [1.165, 1.54) is 6.07 Å². The van der Waals surface area contributed by atoms with Gasteiger partial charge in [0, 0.05) is 35.9 Å². The molecular formula is C24H23ClFNO4. The quantitative estimate of drug-likeness (QED) is 0.550. The molecule has 2 heterocycles. The summed E-state index contributed by atoms with van der Waals surface area (Å²) in [5.41, 5.74) is 3.84. The molecule has 31 heavy (non-hydrogen) atoms. The Kier molecular flexibility index (Phi) is 5.15. The Morgan fingerprint density at radius 1 is 1.10 bits per heavy atom. The van der Waals surface area contributed by atoms with Crippen molar-refractivity contribution in [1.29, 1.82) is 0 Å². The summed E-state index contributed by atoms with van der Waals surface area (Å²) in [5.74, 6) is -1.11. The van der Waals surface area contributed by atoms with E-state index < -0.39 is 11.8 Å². The van der Waals surface area contributed by atoms with E-state index in [0.29, 0.717) is 26.1 Å². The van der Waals surface area contributed by atoms with Crippen LogP contribution in [0.1, 0.15) is 48.8 Å². The van der Waals surface area contributed by atoms with Crippen LogP contribution in [-0.2, 0) is 9.53 Å². The van der Waals surface area contributed by atoms with Crippen LogP contribution in [0, 0.1) is 11.7 Å². The second-order valence-corrected chi connectivity index (χ2v) is 8.93. The highest BCUT2D eigenvalue weighted by molar-refractivity contribution is 6.30. The van der Waals surface area contributed by atoms with Gasteiger partial charge in [-0.2, -0.15) is 0 Å². The van der Waals surface area contributed by atoms with Crippen molar-refractivity contribution >= 4 is 28.5 Å². The summed E-state index contributed by atoms with van der Waals surface area (Å²) in [6, 6.07) is 9.95. The highest BCUT2D eigenvalue weighted by atomic mass is 35.5. The zero-order valence-corrected chi connectivity index (χ0v) is 17.6. The monoisotopic (exact) mass is 443 g/mol. The Bertz CT molecular complexity index is 1160. The highest BCUT2D eigenvalue weighted by Gasteiger charge is 2.40. The lowest BCUT2D eigenvalue weighted by molar-refractivity contribution is -0.145. The fraction of sp³-hybridized carbons (Fsp3) is 0.375. The summed E-state index contributed by atoms with van der Waals surface area (Å²) in [7, 11) is 0. The van der Waals surface area contributed by atoms with Crippen molar-refractivity contribution in [2.75, 3.05) is 13.2 Å². The maximum absolute atomic E-state index is 13.9. The number of carboxylic acid groups (broad SMARTS) is 1. The summed E-state index contributed by atoms with van der Waals surface area (Å²) in [6.07, 6.45) is 2.84. The first-order valence-corrected chi connectivity index (χ1v) is 10.9. The van der Waals surface area contributed by atoms with E-state index in [9.17, 15) is 19.4 Å². The number of ether oxygens (including phenoxy) is 1. The van der Waals surface area contributed by atoms with E-state index in [1.807, 2.05) is 6.07 Å². The molecule has 0 radical (unpaired) electrons. The first-order valence-electron chi connectivity index (χ1n) is 10.6. The minimum Gasteiger partial charge on any atom is -0.508 e. The van der Waals surface area contributed by atoms with Crippen molar-refractivity contribution in [2.45, 2.75) is 37.5 Å². The fourth-order valence-corrected chi connectivity index (χ4v) is 5.26. The minimum atomic E-state index is -0.763. The number of fused-ring (bicyclic) bond motifs is 1. The van der Waals surface area contributed by atoms with E-state index in [4.69, 9.17) is 16.3 Å². The minimum absolute atomic E-state index is 0.0483. The Balaban J connectivity index is 1.76. The third-order valence-electron chi connectivity index (χ3n) is 6.69. The molecule has 5 rings (SSSR count). The normalized spacial score (nSPS) is 21.9. The summed E-state index contributed by atoms with van der Waals surface area (Å²) >= 11 is 6.13. The van der Waals surface area contributed by atoms with Crippen molar-refractivity contribution in [3.05, 3.63) is 58.5 Å². The molecule has 0 amide bonds. The molecule has 162 valence electrons. The molecule has 1 saturated heterocycles. The summed E-state index contributed by atoms with van der Waals surface area (Å²) in [5, 5.41) is 20.6.